The Hall–Kier alpha value is -2.25. The van der Waals surface area contributed by atoms with Crippen LogP contribution in [0.2, 0.25) is 0 Å². The van der Waals surface area contributed by atoms with Gasteiger partial charge in [-0.2, -0.15) is 0 Å². The highest BCUT2D eigenvalue weighted by atomic mass is 19.1. The molecule has 8 heteroatoms. The molecule has 0 aliphatic carbocycles. The van der Waals surface area contributed by atoms with Gasteiger partial charge in [-0.1, -0.05) is 0 Å². The number of rotatable bonds is 2. The minimum absolute atomic E-state index is 0.127. The second kappa shape index (κ2) is 4.94. The SMILES string of the molecule is CC(C)(C)N1CCN(c2c(F)cc([N+](=O)[O-])cc2F)C1=O. The summed E-state index contributed by atoms with van der Waals surface area (Å²) in [7, 11) is 0. The van der Waals surface area contributed by atoms with Gasteiger partial charge in [-0.05, 0) is 20.8 Å². The van der Waals surface area contributed by atoms with Gasteiger partial charge >= 0.3 is 6.03 Å². The molecule has 0 saturated carbocycles. The number of nitro benzene ring substituents is 1. The van der Waals surface area contributed by atoms with Crippen molar-refractivity contribution in [3.8, 4) is 0 Å². The summed E-state index contributed by atoms with van der Waals surface area (Å²) in [5.41, 5.74) is -1.70. The third kappa shape index (κ3) is 2.65. The zero-order chi connectivity index (χ0) is 15.9. The third-order valence-corrected chi connectivity index (χ3v) is 3.30. The van der Waals surface area contributed by atoms with Gasteiger partial charge < -0.3 is 4.90 Å². The molecular weight excluding hydrogens is 284 g/mol. The molecule has 1 aromatic carbocycles. The molecule has 0 spiro atoms. The van der Waals surface area contributed by atoms with Crippen LogP contribution in [0.25, 0.3) is 0 Å². The van der Waals surface area contributed by atoms with Crippen molar-refractivity contribution in [2.45, 2.75) is 26.3 Å². The Bertz CT molecular complexity index is 590. The number of non-ortho nitro benzene ring substituents is 1. The van der Waals surface area contributed by atoms with Gasteiger partial charge in [-0.15, -0.1) is 0 Å². The van der Waals surface area contributed by atoms with Gasteiger partial charge in [0.1, 0.15) is 5.69 Å². The van der Waals surface area contributed by atoms with Gasteiger partial charge in [0.25, 0.3) is 5.69 Å². The third-order valence-electron chi connectivity index (χ3n) is 3.30. The molecule has 0 bridgehead atoms. The van der Waals surface area contributed by atoms with E-state index in [1.807, 2.05) is 20.8 Å². The molecule has 21 heavy (non-hydrogen) atoms. The monoisotopic (exact) mass is 299 g/mol. The molecule has 2 amide bonds. The molecule has 6 nitrogen and oxygen atoms in total. The van der Waals surface area contributed by atoms with E-state index in [0.29, 0.717) is 18.7 Å². The first-order valence-electron chi connectivity index (χ1n) is 6.35. The maximum absolute atomic E-state index is 14.0. The Morgan fingerprint density at radius 3 is 2.10 bits per heavy atom. The zero-order valence-electron chi connectivity index (χ0n) is 11.9. The highest BCUT2D eigenvalue weighted by Gasteiger charge is 2.38. The summed E-state index contributed by atoms with van der Waals surface area (Å²) < 4.78 is 27.9. The summed E-state index contributed by atoms with van der Waals surface area (Å²) in [6.45, 7) is 5.91. The van der Waals surface area contributed by atoms with Gasteiger partial charge in [-0.3, -0.25) is 15.0 Å². The second-order valence-electron chi connectivity index (χ2n) is 5.77. The highest BCUT2D eigenvalue weighted by Crippen LogP contribution is 2.32. The van der Waals surface area contributed by atoms with Crippen LogP contribution < -0.4 is 4.90 Å². The van der Waals surface area contributed by atoms with Crippen molar-refractivity contribution < 1.29 is 18.5 Å². The lowest BCUT2D eigenvalue weighted by Crippen LogP contribution is -2.44. The Morgan fingerprint density at radius 1 is 1.19 bits per heavy atom. The van der Waals surface area contributed by atoms with Crippen molar-refractivity contribution in [1.29, 1.82) is 0 Å². The summed E-state index contributed by atoms with van der Waals surface area (Å²) in [5.74, 6) is -2.24. The first kappa shape index (κ1) is 15.1. The molecule has 0 unspecified atom stereocenters. The molecular formula is C13H15F2N3O3. The van der Waals surface area contributed by atoms with Crippen LogP contribution in [-0.2, 0) is 0 Å². The number of hydrogen-bond acceptors (Lipinski definition) is 3. The van der Waals surface area contributed by atoms with Crippen molar-refractivity contribution in [1.82, 2.24) is 4.90 Å². The summed E-state index contributed by atoms with van der Waals surface area (Å²) in [6, 6.07) is 0.714. The van der Waals surface area contributed by atoms with Crippen molar-refractivity contribution in [2.75, 3.05) is 18.0 Å². The number of halogens is 2. The highest BCUT2D eigenvalue weighted by molar-refractivity contribution is 5.95. The molecule has 0 N–H and O–H groups in total. The van der Waals surface area contributed by atoms with Gasteiger partial charge in [0.15, 0.2) is 11.6 Å². The summed E-state index contributed by atoms with van der Waals surface area (Å²) >= 11 is 0. The Morgan fingerprint density at radius 2 is 1.71 bits per heavy atom. The Kier molecular flexibility index (Phi) is 3.56. The largest absolute Gasteiger partial charge is 0.325 e. The number of carbonyl (C=O) groups excluding carboxylic acids is 1. The van der Waals surface area contributed by atoms with E-state index < -0.39 is 39.5 Å². The van der Waals surface area contributed by atoms with Gasteiger partial charge in [0, 0.05) is 18.6 Å². The maximum Gasteiger partial charge on any atom is 0.325 e. The Labute approximate surface area is 120 Å². The van der Waals surface area contributed by atoms with E-state index in [9.17, 15) is 23.7 Å². The standard InChI is InChI=1S/C13H15F2N3O3/c1-13(2,3)17-5-4-16(12(17)19)11-9(14)6-8(18(20)21)7-10(11)15/h6-7H,4-5H2,1-3H3. The topological polar surface area (TPSA) is 66.7 Å². The number of benzene rings is 1. The molecule has 0 atom stereocenters. The molecule has 0 radical (unpaired) electrons. The number of anilines is 1. The lowest BCUT2D eigenvalue weighted by Gasteiger charge is -2.31. The van der Waals surface area contributed by atoms with Crippen LogP contribution in [0.1, 0.15) is 20.8 Å². The van der Waals surface area contributed by atoms with Crippen LogP contribution in [-0.4, -0.2) is 34.5 Å². The molecule has 0 aromatic heterocycles. The van der Waals surface area contributed by atoms with E-state index in [4.69, 9.17) is 0 Å². The molecule has 1 aliphatic heterocycles. The lowest BCUT2D eigenvalue weighted by atomic mass is 10.1. The van der Waals surface area contributed by atoms with E-state index in [1.165, 1.54) is 4.90 Å². The average Bonchev–Trinajstić information content (AvgIpc) is 2.70. The first-order chi connectivity index (χ1) is 9.62. The number of nitro groups is 1. The van der Waals surface area contributed by atoms with Crippen LogP contribution >= 0.6 is 0 Å². The molecule has 1 aromatic rings. The fourth-order valence-electron chi connectivity index (χ4n) is 2.28. The number of carbonyl (C=O) groups is 1. The number of hydrogen-bond donors (Lipinski definition) is 0. The van der Waals surface area contributed by atoms with Crippen molar-refractivity contribution in [3.05, 3.63) is 33.9 Å². The molecule has 2 rings (SSSR count). The normalized spacial score (nSPS) is 15.8. The van der Waals surface area contributed by atoms with Crippen LogP contribution in [0.4, 0.5) is 25.0 Å². The van der Waals surface area contributed by atoms with Crippen LogP contribution in [0, 0.1) is 21.7 Å². The number of urea groups is 1. The predicted molar refractivity (Wildman–Crippen MR) is 72.2 cm³/mol. The van der Waals surface area contributed by atoms with E-state index in [-0.39, 0.29) is 6.54 Å². The Balaban J connectivity index is 2.40. The maximum atomic E-state index is 14.0. The van der Waals surface area contributed by atoms with Crippen molar-refractivity contribution in [3.63, 3.8) is 0 Å². The average molecular weight is 299 g/mol. The predicted octanol–water partition coefficient (Wildman–Crippen LogP) is 2.91. The minimum atomic E-state index is -1.12. The smallest absolute Gasteiger partial charge is 0.318 e. The number of amides is 2. The zero-order valence-corrected chi connectivity index (χ0v) is 11.9. The first-order valence-corrected chi connectivity index (χ1v) is 6.35. The van der Waals surface area contributed by atoms with E-state index >= 15 is 0 Å². The second-order valence-corrected chi connectivity index (χ2v) is 5.77. The summed E-state index contributed by atoms with van der Waals surface area (Å²) in [4.78, 5) is 24.4. The molecule has 114 valence electrons. The van der Waals surface area contributed by atoms with Crippen LogP contribution in [0.3, 0.4) is 0 Å². The van der Waals surface area contributed by atoms with Crippen LogP contribution in [0.15, 0.2) is 12.1 Å². The fraction of sp³-hybridized carbons (Fsp3) is 0.462. The van der Waals surface area contributed by atoms with Crippen molar-refractivity contribution >= 4 is 17.4 Å². The van der Waals surface area contributed by atoms with Crippen molar-refractivity contribution in [2.24, 2.45) is 0 Å². The molecule has 1 fully saturated rings. The van der Waals surface area contributed by atoms with Gasteiger partial charge in [0.05, 0.1) is 17.1 Å². The van der Waals surface area contributed by atoms with E-state index in [0.717, 1.165) is 4.90 Å². The van der Waals surface area contributed by atoms with E-state index in [1.54, 1.807) is 0 Å². The van der Waals surface area contributed by atoms with Gasteiger partial charge in [-0.25, -0.2) is 13.6 Å². The lowest BCUT2D eigenvalue weighted by molar-refractivity contribution is -0.385. The fourth-order valence-corrected chi connectivity index (χ4v) is 2.28. The quantitative estimate of drug-likeness (QED) is 0.623. The molecule has 1 saturated heterocycles. The molecule has 1 heterocycles. The van der Waals surface area contributed by atoms with Gasteiger partial charge in [0.2, 0.25) is 0 Å². The summed E-state index contributed by atoms with van der Waals surface area (Å²) in [6.07, 6.45) is 0. The minimum Gasteiger partial charge on any atom is -0.318 e. The molecule has 1 aliphatic rings. The van der Waals surface area contributed by atoms with Crippen LogP contribution in [0.5, 0.6) is 0 Å². The van der Waals surface area contributed by atoms with E-state index in [2.05, 4.69) is 0 Å². The number of nitrogens with zero attached hydrogens (tertiary/aromatic N) is 3. The summed E-state index contributed by atoms with van der Waals surface area (Å²) in [5, 5.41) is 10.6.